The first-order chi connectivity index (χ1) is 47.5. The van der Waals surface area contributed by atoms with E-state index >= 15 is 0 Å². The molecule has 0 N–H and O–H groups in total. The van der Waals surface area contributed by atoms with Gasteiger partial charge in [0.1, 0.15) is 0 Å². The number of rotatable bonds is 26. The molecule has 0 saturated heterocycles. The largest absolute Gasteiger partial charge is 0.0683 e. The lowest BCUT2D eigenvalue weighted by molar-refractivity contribution is -0.0134. The number of aryl methyl sites for hydroxylation is 2. The summed E-state index contributed by atoms with van der Waals surface area (Å²) < 4.78 is 0. The highest BCUT2D eigenvalue weighted by Crippen LogP contribution is 2.61. The van der Waals surface area contributed by atoms with Gasteiger partial charge in [-0.1, -0.05) is 263 Å². The van der Waals surface area contributed by atoms with E-state index in [1.807, 2.05) is 27.7 Å². The summed E-state index contributed by atoms with van der Waals surface area (Å²) in [5.74, 6) is 6.23. The van der Waals surface area contributed by atoms with Gasteiger partial charge in [-0.05, 0) is 358 Å². The van der Waals surface area contributed by atoms with Crippen molar-refractivity contribution in [1.29, 1.82) is 0 Å². The van der Waals surface area contributed by atoms with Gasteiger partial charge in [-0.3, -0.25) is 0 Å². The third-order valence-corrected chi connectivity index (χ3v) is 31.4. The Bertz CT molecular complexity index is 2150. The van der Waals surface area contributed by atoms with Crippen LogP contribution < -0.4 is 0 Å². The second-order valence-electron chi connectivity index (χ2n) is 36.5. The second-order valence-corrected chi connectivity index (χ2v) is 36.5. The zero-order valence-corrected chi connectivity index (χ0v) is 70.3. The van der Waals surface area contributed by atoms with Crippen molar-refractivity contribution in [2.45, 2.75) is 483 Å². The van der Waals surface area contributed by atoms with Gasteiger partial charge in [0.25, 0.3) is 0 Å². The smallest absolute Gasteiger partial charge is 0.00464 e. The van der Waals surface area contributed by atoms with Crippen LogP contribution in [0.3, 0.4) is 0 Å². The molecule has 2 aromatic rings. The molecule has 11 aliphatic carbocycles. The maximum Gasteiger partial charge on any atom is -0.00464 e. The van der Waals surface area contributed by atoms with Crippen molar-refractivity contribution in [1.82, 2.24) is 0 Å². The number of hydrogen-bond acceptors (Lipinski definition) is 0. The van der Waals surface area contributed by atoms with Gasteiger partial charge in [0, 0.05) is 0 Å². The lowest BCUT2D eigenvalue weighted by atomic mass is 9.51. The Morgan fingerprint density at radius 2 is 0.510 bits per heavy atom. The summed E-state index contributed by atoms with van der Waals surface area (Å²) in [5, 5.41) is 0. The van der Waals surface area contributed by atoms with Crippen molar-refractivity contribution in [3.05, 3.63) is 70.8 Å². The standard InChI is InChI=1S/C24H46.C20H38.C20H32.C18H26.C12H22.2C2H6/c1-5-13-23(14-6-2)17-9-21(10-18-23)22-11-19-24(15-7-3,16-8-4)20-12-22;2*1-4-13-20(14-5-2)15-11-19(12-16-20)18-9-7-17(6-3)8-10-18;1-3-15-5-7-16(8-6-15)18-12-9-17(4-2,10-13-18)11-14-18;1-3-11-5-8-12(4-2,9-6-11)10-7-11;2*1-2/h21-22H,5-20H2,1-4H3;17-19H,4-16H2,1-3H3;7-10,19H,4-6,11-16H2,1-3H3;5-8H,3-4,9-14H2,1-2H3;3-10H2,1-2H3;2*1-2H3. The van der Waals surface area contributed by atoms with E-state index in [1.165, 1.54) is 255 Å². The molecule has 11 fully saturated rings. The maximum absolute atomic E-state index is 2.42. The minimum Gasteiger partial charge on any atom is -0.0683 e. The van der Waals surface area contributed by atoms with Crippen molar-refractivity contribution >= 4 is 0 Å². The van der Waals surface area contributed by atoms with E-state index in [2.05, 4.69) is 145 Å². The number of hydrogen-bond donors (Lipinski definition) is 0. The minimum atomic E-state index is 0.545. The van der Waals surface area contributed by atoms with E-state index in [-0.39, 0.29) is 0 Å². The Hall–Kier alpha value is -1.56. The van der Waals surface area contributed by atoms with Gasteiger partial charge in [-0.2, -0.15) is 0 Å². The van der Waals surface area contributed by atoms with Crippen molar-refractivity contribution in [2.24, 2.45) is 67.5 Å². The molecule has 0 amide bonds. The molecule has 568 valence electrons. The first-order valence-corrected chi connectivity index (χ1v) is 45.7. The summed E-state index contributed by atoms with van der Waals surface area (Å²) in [6, 6.07) is 19.0. The van der Waals surface area contributed by atoms with Gasteiger partial charge in [-0.15, -0.1) is 0 Å². The first-order valence-electron chi connectivity index (χ1n) is 45.7. The summed E-state index contributed by atoms with van der Waals surface area (Å²) in [5.41, 5.74) is 12.0. The van der Waals surface area contributed by atoms with Gasteiger partial charge in [-0.25, -0.2) is 0 Å². The molecular formula is C98H176. The van der Waals surface area contributed by atoms with Crippen molar-refractivity contribution < 1.29 is 0 Å². The summed E-state index contributed by atoms with van der Waals surface area (Å²) >= 11 is 0. The molecule has 0 spiro atoms. The third kappa shape index (κ3) is 24.5. The highest BCUT2D eigenvalue weighted by molar-refractivity contribution is 5.32. The summed E-state index contributed by atoms with van der Waals surface area (Å²) in [6.45, 7) is 41.1. The van der Waals surface area contributed by atoms with Gasteiger partial charge < -0.3 is 0 Å². The average molecular weight is 1350 g/mol. The second kappa shape index (κ2) is 44.4. The predicted molar refractivity (Wildman–Crippen MR) is 441 cm³/mol. The van der Waals surface area contributed by atoms with E-state index in [9.17, 15) is 0 Å². The number of benzene rings is 2. The Kier molecular flexibility index (Phi) is 39.5. The van der Waals surface area contributed by atoms with Crippen molar-refractivity contribution in [2.75, 3.05) is 0 Å². The summed E-state index contributed by atoms with van der Waals surface area (Å²) in [4.78, 5) is 0. The molecule has 0 heteroatoms. The van der Waals surface area contributed by atoms with Gasteiger partial charge in [0.2, 0.25) is 0 Å². The number of fused-ring (bicyclic) bond motifs is 6. The van der Waals surface area contributed by atoms with Crippen LogP contribution in [-0.2, 0) is 18.3 Å². The van der Waals surface area contributed by atoms with Crippen LogP contribution in [0.1, 0.15) is 487 Å². The fourth-order valence-corrected chi connectivity index (χ4v) is 24.3. The molecule has 98 heavy (non-hydrogen) atoms. The van der Waals surface area contributed by atoms with E-state index in [4.69, 9.17) is 0 Å². The Morgan fingerprint density at radius 1 is 0.265 bits per heavy atom. The van der Waals surface area contributed by atoms with E-state index in [0.29, 0.717) is 10.8 Å². The van der Waals surface area contributed by atoms with Gasteiger partial charge >= 0.3 is 0 Å². The summed E-state index contributed by atoms with van der Waals surface area (Å²) in [6.07, 6.45) is 79.4. The van der Waals surface area contributed by atoms with Gasteiger partial charge in [0.05, 0.1) is 0 Å². The first kappa shape index (κ1) is 87.1. The minimum absolute atomic E-state index is 0.545. The quantitative estimate of drug-likeness (QED) is 0.0881. The topological polar surface area (TPSA) is 0 Å². The van der Waals surface area contributed by atoms with Crippen LogP contribution in [0, 0.1) is 67.5 Å². The highest BCUT2D eigenvalue weighted by atomic mass is 14.5. The van der Waals surface area contributed by atoms with Crippen LogP contribution >= 0.6 is 0 Å². The molecule has 0 radical (unpaired) electrons. The van der Waals surface area contributed by atoms with Crippen LogP contribution in [0.5, 0.6) is 0 Å². The van der Waals surface area contributed by atoms with Crippen LogP contribution in [0.15, 0.2) is 48.5 Å². The molecule has 0 heterocycles. The zero-order valence-electron chi connectivity index (χ0n) is 70.3. The molecule has 0 atom stereocenters. The monoisotopic (exact) mass is 1350 g/mol. The molecule has 11 aliphatic rings. The fourth-order valence-electron chi connectivity index (χ4n) is 24.3. The lowest BCUT2D eigenvalue weighted by Gasteiger charge is -2.54. The maximum atomic E-state index is 2.42. The zero-order chi connectivity index (χ0) is 71.6. The molecule has 4 bridgehead atoms. The van der Waals surface area contributed by atoms with Gasteiger partial charge in [0.15, 0.2) is 0 Å². The molecule has 0 aliphatic heterocycles. The van der Waals surface area contributed by atoms with E-state index in [0.717, 1.165) is 80.8 Å². The Balaban J connectivity index is 0.000000221. The average Bonchev–Trinajstić information content (AvgIpc) is 0.750. The third-order valence-electron chi connectivity index (χ3n) is 31.4. The van der Waals surface area contributed by atoms with Crippen LogP contribution in [0.25, 0.3) is 0 Å². The lowest BCUT2D eigenvalue weighted by Crippen LogP contribution is -2.43. The molecule has 0 nitrogen and oxygen atoms in total. The molecular weight excluding hydrogens is 1180 g/mol. The normalized spacial score (nSPS) is 28.6. The molecule has 13 rings (SSSR count). The molecule has 2 aromatic carbocycles. The fraction of sp³-hybridized carbons (Fsp3) is 0.878. The van der Waals surface area contributed by atoms with Crippen LogP contribution in [0.4, 0.5) is 0 Å². The highest BCUT2D eigenvalue weighted by Gasteiger charge is 2.49. The Labute approximate surface area is 617 Å². The van der Waals surface area contributed by atoms with Crippen LogP contribution in [0.2, 0.25) is 0 Å². The van der Waals surface area contributed by atoms with Crippen molar-refractivity contribution in [3.63, 3.8) is 0 Å². The van der Waals surface area contributed by atoms with Crippen LogP contribution in [-0.4, -0.2) is 0 Å². The summed E-state index contributed by atoms with van der Waals surface area (Å²) in [7, 11) is 0. The molecule has 0 unspecified atom stereocenters. The molecule has 0 aromatic heterocycles. The SMILES string of the molecule is CC.CC.CCC12CCC(CC)(CC1)CC2.CCCC1(CCC)CCC(C2CCC(CC)CC2)CC1.CCCC1(CCC)CCC(C2CCC(CCC)(CCC)CC2)CC1.CCCC1(CCC)CCC(c2ccc(CC)cc2)CC1.CCc1ccc(C23CCC(CC)(CC2)CC3)cc1. The molecule has 11 saturated carbocycles. The predicted octanol–water partition coefficient (Wildman–Crippen LogP) is 33.5. The van der Waals surface area contributed by atoms with Crippen molar-refractivity contribution in [3.8, 4) is 0 Å². The van der Waals surface area contributed by atoms with E-state index < -0.39 is 0 Å². The Morgan fingerprint density at radius 3 is 0.755 bits per heavy atom. The van der Waals surface area contributed by atoms with E-state index in [1.54, 1.807) is 101 Å².